The fraction of sp³-hybridized carbons (Fsp3) is 0.167. The molecule has 0 bridgehead atoms. The first-order chi connectivity index (χ1) is 10.4. The van der Waals surface area contributed by atoms with Gasteiger partial charge in [0.05, 0.1) is 18.2 Å². The van der Waals surface area contributed by atoms with Gasteiger partial charge in [0.1, 0.15) is 5.75 Å². The summed E-state index contributed by atoms with van der Waals surface area (Å²) >= 11 is 0. The molecule has 3 nitrogen and oxygen atoms in total. The molecule has 1 unspecified atom stereocenters. The van der Waals surface area contributed by atoms with E-state index in [2.05, 4.69) is 17.1 Å². The molecule has 0 N–H and O–H groups in total. The van der Waals surface area contributed by atoms with Crippen LogP contribution < -0.4 is 4.74 Å². The first-order valence-electron chi connectivity index (χ1n) is 7.14. The van der Waals surface area contributed by atoms with Crippen LogP contribution in [-0.4, -0.2) is 11.6 Å². The maximum atomic E-state index is 5.98. The minimum Gasteiger partial charge on any atom is -0.439 e. The summed E-state index contributed by atoms with van der Waals surface area (Å²) in [4.78, 5) is 4.67. The summed E-state index contributed by atoms with van der Waals surface area (Å²) in [6, 6.07) is 19.9. The number of fused-ring (bicyclic) bond motifs is 1. The van der Waals surface area contributed by atoms with Crippen LogP contribution in [0.1, 0.15) is 18.1 Å². The van der Waals surface area contributed by atoms with Crippen molar-refractivity contribution in [1.29, 1.82) is 0 Å². The quantitative estimate of drug-likeness (QED) is 0.707. The van der Waals surface area contributed by atoms with Crippen molar-refractivity contribution >= 4 is 10.9 Å². The fourth-order valence-electron chi connectivity index (χ4n) is 2.51. The third-order valence-corrected chi connectivity index (χ3v) is 3.72. The average Bonchev–Trinajstić information content (AvgIpc) is 2.47. The predicted molar refractivity (Wildman–Crippen MR) is 81.6 cm³/mol. The molecule has 1 aromatic heterocycles. The molecular weight excluding hydrogens is 262 g/mol. The first kappa shape index (κ1) is 12.4. The highest BCUT2D eigenvalue weighted by atomic mass is 16.5. The van der Waals surface area contributed by atoms with Crippen molar-refractivity contribution in [2.45, 2.75) is 12.5 Å². The summed E-state index contributed by atoms with van der Waals surface area (Å²) in [5.74, 6) is 1.44. The maximum Gasteiger partial charge on any atom is 0.225 e. The van der Waals surface area contributed by atoms with E-state index in [1.807, 2.05) is 48.5 Å². The van der Waals surface area contributed by atoms with Gasteiger partial charge in [0, 0.05) is 17.4 Å². The molecule has 1 aliphatic rings. The van der Waals surface area contributed by atoms with Crippen LogP contribution in [0.3, 0.4) is 0 Å². The Hall–Kier alpha value is -2.39. The Morgan fingerprint density at radius 1 is 1.00 bits per heavy atom. The highest BCUT2D eigenvalue weighted by molar-refractivity contribution is 5.80. The van der Waals surface area contributed by atoms with E-state index in [1.54, 1.807) is 0 Å². The Labute approximate surface area is 123 Å². The number of hydrogen-bond donors (Lipinski definition) is 0. The molecule has 0 spiro atoms. The SMILES string of the molecule is c1ccc(Oc2nc3ccccc3cc2C2CCO2)cc1. The van der Waals surface area contributed by atoms with E-state index in [1.165, 1.54) is 0 Å². The fourth-order valence-corrected chi connectivity index (χ4v) is 2.51. The van der Waals surface area contributed by atoms with E-state index in [0.29, 0.717) is 5.88 Å². The number of ether oxygens (including phenoxy) is 2. The molecule has 1 atom stereocenters. The summed E-state index contributed by atoms with van der Waals surface area (Å²) in [7, 11) is 0. The molecule has 21 heavy (non-hydrogen) atoms. The summed E-state index contributed by atoms with van der Waals surface area (Å²) in [5.41, 5.74) is 1.97. The second kappa shape index (κ2) is 5.19. The van der Waals surface area contributed by atoms with E-state index in [9.17, 15) is 0 Å². The van der Waals surface area contributed by atoms with Crippen molar-refractivity contribution in [3.05, 3.63) is 66.2 Å². The molecule has 1 fully saturated rings. The van der Waals surface area contributed by atoms with Gasteiger partial charge in [0.25, 0.3) is 0 Å². The molecule has 2 heterocycles. The van der Waals surface area contributed by atoms with E-state index < -0.39 is 0 Å². The van der Waals surface area contributed by atoms with E-state index in [4.69, 9.17) is 9.47 Å². The Balaban J connectivity index is 1.80. The molecule has 2 aromatic carbocycles. The van der Waals surface area contributed by atoms with Gasteiger partial charge in [-0.25, -0.2) is 4.98 Å². The predicted octanol–water partition coefficient (Wildman–Crippen LogP) is 4.49. The molecule has 104 valence electrons. The zero-order chi connectivity index (χ0) is 14.1. The van der Waals surface area contributed by atoms with Crippen molar-refractivity contribution in [1.82, 2.24) is 4.98 Å². The van der Waals surface area contributed by atoms with Crippen LogP contribution in [0, 0.1) is 0 Å². The smallest absolute Gasteiger partial charge is 0.225 e. The molecule has 0 radical (unpaired) electrons. The maximum absolute atomic E-state index is 5.98. The lowest BCUT2D eigenvalue weighted by molar-refractivity contribution is -0.0537. The Morgan fingerprint density at radius 2 is 1.76 bits per heavy atom. The van der Waals surface area contributed by atoms with E-state index >= 15 is 0 Å². The highest BCUT2D eigenvalue weighted by Gasteiger charge is 2.25. The monoisotopic (exact) mass is 277 g/mol. The Morgan fingerprint density at radius 3 is 2.52 bits per heavy atom. The zero-order valence-corrected chi connectivity index (χ0v) is 11.5. The van der Waals surface area contributed by atoms with Gasteiger partial charge >= 0.3 is 0 Å². The molecule has 0 aliphatic carbocycles. The first-order valence-corrected chi connectivity index (χ1v) is 7.14. The van der Waals surface area contributed by atoms with Crippen LogP contribution >= 0.6 is 0 Å². The largest absolute Gasteiger partial charge is 0.439 e. The van der Waals surface area contributed by atoms with Gasteiger partial charge in [-0.3, -0.25) is 0 Å². The van der Waals surface area contributed by atoms with Crippen molar-refractivity contribution in [2.75, 3.05) is 6.61 Å². The van der Waals surface area contributed by atoms with Crippen LogP contribution in [0.5, 0.6) is 11.6 Å². The molecule has 3 aromatic rings. The second-order valence-electron chi connectivity index (χ2n) is 5.14. The van der Waals surface area contributed by atoms with Gasteiger partial charge in [0.2, 0.25) is 5.88 Å². The summed E-state index contributed by atoms with van der Waals surface area (Å²) < 4.78 is 11.6. The number of rotatable bonds is 3. The molecule has 1 saturated heterocycles. The molecular formula is C18H15NO2. The van der Waals surface area contributed by atoms with Crippen molar-refractivity contribution in [2.24, 2.45) is 0 Å². The lowest BCUT2D eigenvalue weighted by Crippen LogP contribution is -2.19. The van der Waals surface area contributed by atoms with Gasteiger partial charge in [-0.2, -0.15) is 0 Å². The van der Waals surface area contributed by atoms with Gasteiger partial charge in [-0.15, -0.1) is 0 Å². The number of hydrogen-bond acceptors (Lipinski definition) is 3. The summed E-state index contributed by atoms with van der Waals surface area (Å²) in [6.07, 6.45) is 1.12. The van der Waals surface area contributed by atoms with Crippen LogP contribution in [0.25, 0.3) is 10.9 Å². The third-order valence-electron chi connectivity index (χ3n) is 3.72. The van der Waals surface area contributed by atoms with Crippen LogP contribution in [-0.2, 0) is 4.74 Å². The lowest BCUT2D eigenvalue weighted by Gasteiger charge is -2.28. The number of benzene rings is 2. The van der Waals surface area contributed by atoms with Crippen molar-refractivity contribution in [3.63, 3.8) is 0 Å². The standard InChI is InChI=1S/C18H15NO2/c1-2-7-14(8-3-1)21-18-15(17-10-11-20-17)12-13-6-4-5-9-16(13)19-18/h1-9,12,17H,10-11H2. The second-order valence-corrected chi connectivity index (χ2v) is 5.14. The van der Waals surface area contributed by atoms with Crippen LogP contribution in [0.2, 0.25) is 0 Å². The normalized spacial score (nSPS) is 17.4. The van der Waals surface area contributed by atoms with Crippen LogP contribution in [0.15, 0.2) is 60.7 Å². The van der Waals surface area contributed by atoms with E-state index in [-0.39, 0.29) is 6.10 Å². The highest BCUT2D eigenvalue weighted by Crippen LogP contribution is 2.37. The third kappa shape index (κ3) is 2.36. The summed E-state index contributed by atoms with van der Waals surface area (Å²) in [6.45, 7) is 0.808. The minimum absolute atomic E-state index is 0.0980. The van der Waals surface area contributed by atoms with Gasteiger partial charge in [0.15, 0.2) is 0 Å². The van der Waals surface area contributed by atoms with Crippen molar-refractivity contribution in [3.8, 4) is 11.6 Å². The van der Waals surface area contributed by atoms with E-state index in [0.717, 1.165) is 35.2 Å². The van der Waals surface area contributed by atoms with Gasteiger partial charge in [-0.1, -0.05) is 36.4 Å². The Kier molecular flexibility index (Phi) is 3.05. The number of nitrogens with zero attached hydrogens (tertiary/aromatic N) is 1. The van der Waals surface area contributed by atoms with Crippen molar-refractivity contribution < 1.29 is 9.47 Å². The van der Waals surface area contributed by atoms with Gasteiger partial charge in [-0.05, 0) is 24.3 Å². The topological polar surface area (TPSA) is 31.4 Å². The number of para-hydroxylation sites is 2. The zero-order valence-electron chi connectivity index (χ0n) is 11.5. The molecule has 1 aliphatic heterocycles. The number of aromatic nitrogens is 1. The molecule has 0 saturated carbocycles. The molecule has 4 rings (SSSR count). The average molecular weight is 277 g/mol. The molecule has 3 heteroatoms. The lowest BCUT2D eigenvalue weighted by atomic mass is 10.0. The van der Waals surface area contributed by atoms with Gasteiger partial charge < -0.3 is 9.47 Å². The molecule has 0 amide bonds. The minimum atomic E-state index is 0.0980. The Bertz CT molecular complexity index is 767. The van der Waals surface area contributed by atoms with Crippen LogP contribution in [0.4, 0.5) is 0 Å². The number of pyridine rings is 1. The summed E-state index contributed by atoms with van der Waals surface area (Å²) in [5, 5.41) is 1.11.